The number of aromatic hydroxyl groups is 1. The van der Waals surface area contributed by atoms with E-state index in [1.54, 1.807) is 36.4 Å². The van der Waals surface area contributed by atoms with Crippen molar-refractivity contribution in [3.8, 4) is 26.9 Å². The molecule has 0 aliphatic rings. The molecule has 0 aliphatic heterocycles. The molecule has 2 heterocycles. The minimum Gasteiger partial charge on any atom is -0.508 e. The third-order valence-corrected chi connectivity index (χ3v) is 6.86. The monoisotopic (exact) mass is 445 g/mol. The smallest absolute Gasteiger partial charge is 0.238 e. The highest BCUT2D eigenvalue weighted by Crippen LogP contribution is 2.39. The second-order valence-corrected chi connectivity index (χ2v) is 9.43. The van der Waals surface area contributed by atoms with E-state index >= 15 is 0 Å². The Labute approximate surface area is 174 Å². The van der Waals surface area contributed by atoms with E-state index in [0.29, 0.717) is 16.6 Å². The number of hydrogen-bond acceptors (Lipinski definition) is 9. The number of nitrogen functional groups attached to an aromatic ring is 1. The molecule has 0 saturated carbocycles. The van der Waals surface area contributed by atoms with Crippen LogP contribution in [0.2, 0.25) is 0 Å². The van der Waals surface area contributed by atoms with E-state index < -0.39 is 10.0 Å². The van der Waals surface area contributed by atoms with Gasteiger partial charge in [-0.25, -0.2) is 23.5 Å². The normalized spacial score (nSPS) is 11.5. The van der Waals surface area contributed by atoms with Crippen molar-refractivity contribution in [3.63, 3.8) is 0 Å². The van der Waals surface area contributed by atoms with Crippen molar-refractivity contribution in [2.45, 2.75) is 4.90 Å². The molecule has 148 valence electrons. The lowest BCUT2D eigenvalue weighted by Crippen LogP contribution is -2.11. The number of aromatic nitrogens is 2. The summed E-state index contributed by atoms with van der Waals surface area (Å²) in [6.07, 6.45) is 0. The van der Waals surface area contributed by atoms with E-state index in [2.05, 4.69) is 15.3 Å². The van der Waals surface area contributed by atoms with Crippen LogP contribution in [0.4, 0.5) is 16.6 Å². The first kappa shape index (κ1) is 19.3. The number of anilines is 3. The van der Waals surface area contributed by atoms with Gasteiger partial charge in [-0.3, -0.25) is 0 Å². The number of phenols is 1. The highest BCUT2D eigenvalue weighted by Gasteiger charge is 2.15. The molecule has 0 amide bonds. The molecule has 6 N–H and O–H groups in total. The Bertz CT molecular complexity index is 1260. The molecule has 0 saturated heterocycles. The number of thiazole rings is 2. The molecular formula is C18H15N5O3S3. The van der Waals surface area contributed by atoms with Crippen molar-refractivity contribution in [2.75, 3.05) is 11.1 Å². The summed E-state index contributed by atoms with van der Waals surface area (Å²) >= 11 is 2.79. The Balaban J connectivity index is 1.56. The number of nitrogens with two attached hydrogens (primary N) is 2. The zero-order valence-corrected chi connectivity index (χ0v) is 17.2. The van der Waals surface area contributed by atoms with E-state index in [1.165, 1.54) is 34.8 Å². The van der Waals surface area contributed by atoms with E-state index in [1.807, 2.05) is 5.38 Å². The molecule has 0 bridgehead atoms. The number of primary sulfonamides is 1. The van der Waals surface area contributed by atoms with Crippen LogP contribution in [-0.2, 0) is 10.0 Å². The van der Waals surface area contributed by atoms with Crippen LogP contribution < -0.4 is 16.2 Å². The van der Waals surface area contributed by atoms with Gasteiger partial charge in [0.15, 0.2) is 5.13 Å². The van der Waals surface area contributed by atoms with Gasteiger partial charge in [-0.15, -0.1) is 11.3 Å². The van der Waals surface area contributed by atoms with E-state index in [9.17, 15) is 13.5 Å². The molecule has 0 aliphatic carbocycles. The average Bonchev–Trinajstić information content (AvgIpc) is 3.29. The third-order valence-electron chi connectivity index (χ3n) is 3.95. The fourth-order valence-corrected chi connectivity index (χ4v) is 4.88. The lowest BCUT2D eigenvalue weighted by atomic mass is 10.2. The molecule has 8 nitrogen and oxygen atoms in total. The fourth-order valence-electron chi connectivity index (χ4n) is 2.53. The van der Waals surface area contributed by atoms with Crippen LogP contribution in [0.3, 0.4) is 0 Å². The van der Waals surface area contributed by atoms with Gasteiger partial charge in [-0.05, 0) is 48.5 Å². The molecule has 29 heavy (non-hydrogen) atoms. The van der Waals surface area contributed by atoms with Crippen molar-refractivity contribution in [1.29, 1.82) is 0 Å². The zero-order chi connectivity index (χ0) is 20.6. The summed E-state index contributed by atoms with van der Waals surface area (Å²) in [6.45, 7) is 0. The Kier molecular flexibility index (Phi) is 4.96. The number of hydrogen-bond donors (Lipinski definition) is 4. The number of nitrogens with one attached hydrogen (secondary N) is 1. The van der Waals surface area contributed by atoms with E-state index in [-0.39, 0.29) is 10.6 Å². The molecule has 11 heteroatoms. The van der Waals surface area contributed by atoms with Gasteiger partial charge < -0.3 is 16.2 Å². The predicted octanol–water partition coefficient (Wildman–Crippen LogP) is 3.61. The van der Waals surface area contributed by atoms with Crippen molar-refractivity contribution >= 4 is 49.3 Å². The first-order chi connectivity index (χ1) is 13.8. The van der Waals surface area contributed by atoms with Gasteiger partial charge in [0, 0.05) is 16.6 Å². The number of benzene rings is 2. The summed E-state index contributed by atoms with van der Waals surface area (Å²) < 4.78 is 22.7. The van der Waals surface area contributed by atoms with Gasteiger partial charge in [0.05, 0.1) is 10.6 Å². The number of phenolic OH excluding ortho intramolecular Hbond substituents is 1. The average molecular weight is 446 g/mol. The van der Waals surface area contributed by atoms with E-state index in [0.717, 1.165) is 21.1 Å². The highest BCUT2D eigenvalue weighted by atomic mass is 32.2. The van der Waals surface area contributed by atoms with Crippen LogP contribution in [0, 0.1) is 0 Å². The maximum atomic E-state index is 11.3. The first-order valence-corrected chi connectivity index (χ1v) is 11.5. The SMILES string of the molecule is Nc1nc(Nc2ccc(S(N)(=O)=O)cc2)sc1-c1nc(-c2ccc(O)cc2)cs1. The van der Waals surface area contributed by atoms with Crippen LogP contribution in [0.5, 0.6) is 5.75 Å². The summed E-state index contributed by atoms with van der Waals surface area (Å²) in [7, 11) is -3.74. The summed E-state index contributed by atoms with van der Waals surface area (Å²) in [5.41, 5.74) is 8.40. The van der Waals surface area contributed by atoms with Crippen molar-refractivity contribution in [2.24, 2.45) is 5.14 Å². The van der Waals surface area contributed by atoms with Gasteiger partial charge in [-0.1, -0.05) is 11.3 Å². The minimum absolute atomic E-state index is 0.0342. The molecule has 0 spiro atoms. The number of nitrogens with zero attached hydrogens (tertiary/aromatic N) is 2. The molecule has 2 aromatic carbocycles. The quantitative estimate of drug-likeness (QED) is 0.367. The highest BCUT2D eigenvalue weighted by molar-refractivity contribution is 7.89. The summed E-state index contributed by atoms with van der Waals surface area (Å²) in [6, 6.07) is 12.8. The maximum absolute atomic E-state index is 11.3. The molecular weight excluding hydrogens is 430 g/mol. The maximum Gasteiger partial charge on any atom is 0.238 e. The van der Waals surface area contributed by atoms with Crippen LogP contribution in [-0.4, -0.2) is 23.5 Å². The second kappa shape index (κ2) is 7.44. The molecule has 0 fully saturated rings. The van der Waals surface area contributed by atoms with Gasteiger partial charge in [0.1, 0.15) is 21.5 Å². The lowest BCUT2D eigenvalue weighted by molar-refractivity contribution is 0.475. The van der Waals surface area contributed by atoms with Crippen LogP contribution >= 0.6 is 22.7 Å². The molecule has 0 unspecified atom stereocenters. The van der Waals surface area contributed by atoms with Crippen molar-refractivity contribution in [1.82, 2.24) is 9.97 Å². The summed E-state index contributed by atoms with van der Waals surface area (Å²) in [5, 5.41) is 20.8. The zero-order valence-electron chi connectivity index (χ0n) is 14.7. The molecule has 0 radical (unpaired) electrons. The number of sulfonamides is 1. The Morgan fingerprint density at radius 1 is 1.00 bits per heavy atom. The second-order valence-electron chi connectivity index (χ2n) is 6.01. The van der Waals surface area contributed by atoms with E-state index in [4.69, 9.17) is 10.9 Å². The predicted molar refractivity (Wildman–Crippen MR) is 116 cm³/mol. The summed E-state index contributed by atoms with van der Waals surface area (Å²) in [5.74, 6) is 0.550. The van der Waals surface area contributed by atoms with Crippen LogP contribution in [0.15, 0.2) is 58.8 Å². The van der Waals surface area contributed by atoms with Crippen LogP contribution in [0.25, 0.3) is 21.1 Å². The van der Waals surface area contributed by atoms with Crippen LogP contribution in [0.1, 0.15) is 0 Å². The lowest BCUT2D eigenvalue weighted by Gasteiger charge is -2.03. The van der Waals surface area contributed by atoms with Gasteiger partial charge in [-0.2, -0.15) is 0 Å². The molecule has 4 aromatic rings. The van der Waals surface area contributed by atoms with Crippen molar-refractivity contribution in [3.05, 3.63) is 53.9 Å². The number of rotatable bonds is 5. The van der Waals surface area contributed by atoms with Gasteiger partial charge in [0.25, 0.3) is 0 Å². The Morgan fingerprint density at radius 3 is 2.34 bits per heavy atom. The Hall–Kier alpha value is -2.99. The third kappa shape index (κ3) is 4.22. The summed E-state index contributed by atoms with van der Waals surface area (Å²) in [4.78, 5) is 9.72. The van der Waals surface area contributed by atoms with Gasteiger partial charge >= 0.3 is 0 Å². The standard InChI is InChI=1S/C18H15N5O3S3/c19-16-15(17-22-14(9-27-17)10-1-5-12(24)6-2-10)28-18(23-16)21-11-3-7-13(8-4-11)29(20,25)26/h1-9,24H,19H2,(H,21,23)(H2,20,25,26). The fraction of sp³-hybridized carbons (Fsp3) is 0. The topological polar surface area (TPSA) is 144 Å². The Morgan fingerprint density at radius 2 is 1.69 bits per heavy atom. The molecule has 0 atom stereocenters. The minimum atomic E-state index is -3.74. The largest absolute Gasteiger partial charge is 0.508 e. The van der Waals surface area contributed by atoms with Crippen molar-refractivity contribution < 1.29 is 13.5 Å². The first-order valence-electron chi connectivity index (χ1n) is 8.21. The molecule has 2 aromatic heterocycles. The van der Waals surface area contributed by atoms with Gasteiger partial charge in [0.2, 0.25) is 10.0 Å². The molecule has 4 rings (SSSR count).